The first-order valence-corrected chi connectivity index (χ1v) is 6.13. The smallest absolute Gasteiger partial charge is 0.364 e. The lowest BCUT2D eigenvalue weighted by molar-refractivity contribution is -0.368. The van der Waals surface area contributed by atoms with Crippen LogP contribution in [-0.2, 0) is 9.59 Å². The molecule has 0 aromatic carbocycles. The van der Waals surface area contributed by atoms with Crippen LogP contribution < -0.4 is 36.3 Å². The maximum atomic E-state index is 12.1. The van der Waals surface area contributed by atoms with Gasteiger partial charge in [-0.15, -0.1) is 0 Å². The fraction of sp³-hybridized carbons (Fsp3) is 0.500. The van der Waals surface area contributed by atoms with Crippen LogP contribution in [0.1, 0.15) is 25.7 Å². The molecule has 8 N–H and O–H groups in total. The number of rotatable bonds is 8. The molecule has 0 saturated heterocycles. The van der Waals surface area contributed by atoms with Crippen LogP contribution in [0.4, 0.5) is 8.78 Å². The molecule has 132 valence electrons. The molecule has 0 aliphatic carbocycles. The van der Waals surface area contributed by atoms with Crippen molar-refractivity contribution < 1.29 is 64.9 Å². The highest BCUT2D eigenvalue weighted by atomic mass is 35.5. The quantitative estimate of drug-likeness (QED) is 0.251. The van der Waals surface area contributed by atoms with E-state index >= 15 is 0 Å². The van der Waals surface area contributed by atoms with Crippen LogP contribution in [0.3, 0.4) is 0 Å². The second kappa shape index (κ2) is 19.8. The first-order valence-electron chi connectivity index (χ1n) is 6.13. The molecule has 0 unspecified atom stereocenters. The summed E-state index contributed by atoms with van der Waals surface area (Å²) in [5.74, 6) is -5.14. The summed E-state index contributed by atoms with van der Waals surface area (Å²) in [4.78, 5) is 19.7. The van der Waals surface area contributed by atoms with E-state index in [4.69, 9.17) is 10.2 Å². The summed E-state index contributed by atoms with van der Waals surface area (Å²) in [6.45, 7) is 1.40. The molecule has 0 amide bonds. The van der Waals surface area contributed by atoms with E-state index in [9.17, 15) is 18.4 Å². The Bertz CT molecular complexity index is 333. The minimum absolute atomic E-state index is 0. The first kappa shape index (κ1) is 28.9. The summed E-state index contributed by atoms with van der Waals surface area (Å²) in [6.07, 6.45) is 4.46. The summed E-state index contributed by atoms with van der Waals surface area (Å²) in [5, 5.41) is 16.0. The van der Waals surface area contributed by atoms with Crippen molar-refractivity contribution in [1.29, 1.82) is 0 Å². The zero-order valence-electron chi connectivity index (χ0n) is 12.0. The van der Waals surface area contributed by atoms with E-state index in [1.165, 1.54) is 0 Å². The van der Waals surface area contributed by atoms with E-state index in [0.29, 0.717) is 25.9 Å². The van der Waals surface area contributed by atoms with Gasteiger partial charge in [-0.05, 0) is 37.8 Å². The molecule has 0 aliphatic heterocycles. The molecule has 0 aromatic rings. The van der Waals surface area contributed by atoms with Crippen LogP contribution in [-0.4, -0.2) is 35.2 Å². The monoisotopic (exact) mass is 366 g/mol. The van der Waals surface area contributed by atoms with Gasteiger partial charge in [0.15, 0.2) is 0 Å². The minimum atomic E-state index is -1.50. The number of allylic oxidation sites excluding steroid dienone is 2. The molecule has 0 rings (SSSR count). The highest BCUT2D eigenvalue weighted by Crippen LogP contribution is 1.99. The van der Waals surface area contributed by atoms with Gasteiger partial charge in [0.1, 0.15) is 0 Å². The number of carboxylic acid groups (broad SMARTS) is 2. The largest absolute Gasteiger partial charge is 1.00 e. The van der Waals surface area contributed by atoms with E-state index in [1.54, 1.807) is 0 Å². The van der Waals surface area contributed by atoms with E-state index in [0.717, 1.165) is 25.0 Å². The van der Waals surface area contributed by atoms with E-state index in [-0.39, 0.29) is 24.8 Å². The molecule has 0 aromatic heterocycles. The third-order valence-corrected chi connectivity index (χ3v) is 1.96. The maximum Gasteiger partial charge on any atom is 0.364 e. The van der Waals surface area contributed by atoms with Gasteiger partial charge in [-0.2, -0.15) is 8.78 Å². The number of hydrogen-bond acceptors (Lipinski definition) is 2. The van der Waals surface area contributed by atoms with Gasteiger partial charge < -0.3 is 46.5 Å². The number of hydrogen-bond donors (Lipinski definition) is 4. The number of halogens is 4. The second-order valence-corrected chi connectivity index (χ2v) is 3.71. The summed E-state index contributed by atoms with van der Waals surface area (Å²) in [5.41, 5.74) is 7.06. The molecule has 0 aliphatic rings. The van der Waals surface area contributed by atoms with Gasteiger partial charge in [0.05, 0.1) is 13.1 Å². The van der Waals surface area contributed by atoms with Crippen molar-refractivity contribution in [1.82, 2.24) is 0 Å². The van der Waals surface area contributed by atoms with E-state index in [2.05, 4.69) is 11.5 Å². The van der Waals surface area contributed by atoms with Gasteiger partial charge in [-0.3, -0.25) is 0 Å². The maximum absolute atomic E-state index is 12.1. The standard InChI is InChI=1S/2C6H10FNO2.2ClH/c2*7-5(6(9)10)3-1-2-4-8;;/h2*3H,1-2,4,8H2,(H,9,10);2*1H/b5-3+;5-3-;;. The molecule has 0 atom stereocenters. The lowest BCUT2D eigenvalue weighted by Gasteiger charge is -1.87. The zero-order chi connectivity index (χ0) is 16.0. The fourth-order valence-corrected chi connectivity index (χ4v) is 0.921. The lowest BCUT2D eigenvalue weighted by atomic mass is 10.3. The van der Waals surface area contributed by atoms with Crippen LogP contribution in [0.2, 0.25) is 0 Å². The molecule has 22 heavy (non-hydrogen) atoms. The molecule has 0 radical (unpaired) electrons. The number of unbranched alkanes of at least 4 members (excludes halogenated alkanes) is 2. The average molecular weight is 367 g/mol. The molecular weight excluding hydrogens is 345 g/mol. The molecule has 6 nitrogen and oxygen atoms in total. The normalized spacial score (nSPS) is 10.5. The van der Waals surface area contributed by atoms with E-state index < -0.39 is 23.6 Å². The molecule has 0 spiro atoms. The van der Waals surface area contributed by atoms with Crippen molar-refractivity contribution in [2.75, 3.05) is 13.1 Å². The van der Waals surface area contributed by atoms with Crippen molar-refractivity contribution in [3.05, 3.63) is 23.8 Å². The van der Waals surface area contributed by atoms with E-state index in [1.807, 2.05) is 0 Å². The third-order valence-electron chi connectivity index (χ3n) is 1.96. The first-order chi connectivity index (χ1) is 9.36. The Hall–Kier alpha value is -1.22. The summed E-state index contributed by atoms with van der Waals surface area (Å²) >= 11 is 0. The van der Waals surface area contributed by atoms with Gasteiger partial charge in [-0.1, -0.05) is 0 Å². The Kier molecular flexibility index (Phi) is 26.0. The summed E-state index contributed by atoms with van der Waals surface area (Å²) < 4.78 is 24.2. The number of aliphatic carboxylic acids is 2. The molecular formula is C12H22Cl2F2N2O4. The fourth-order valence-electron chi connectivity index (χ4n) is 0.921. The molecule has 0 saturated carbocycles. The van der Waals surface area contributed by atoms with Crippen molar-refractivity contribution in [2.45, 2.75) is 25.7 Å². The number of quaternary nitrogens is 2. The van der Waals surface area contributed by atoms with Crippen molar-refractivity contribution in [3.63, 3.8) is 0 Å². The summed E-state index contributed by atoms with van der Waals surface area (Å²) in [7, 11) is 0. The van der Waals surface area contributed by atoms with Gasteiger partial charge in [0.2, 0.25) is 11.7 Å². The van der Waals surface area contributed by atoms with Crippen molar-refractivity contribution >= 4 is 11.9 Å². The second-order valence-electron chi connectivity index (χ2n) is 3.71. The third kappa shape index (κ3) is 21.1. The Balaban J connectivity index is -0.000000135. The van der Waals surface area contributed by atoms with Crippen molar-refractivity contribution in [3.8, 4) is 0 Å². The van der Waals surface area contributed by atoms with Gasteiger partial charge in [0, 0.05) is 0 Å². The Morgan fingerprint density at radius 2 is 1.09 bits per heavy atom. The Morgan fingerprint density at radius 1 is 0.818 bits per heavy atom. The Labute approximate surface area is 140 Å². The summed E-state index contributed by atoms with van der Waals surface area (Å²) in [6, 6.07) is 0. The predicted octanol–water partition coefficient (Wildman–Crippen LogP) is -6.10. The minimum Gasteiger partial charge on any atom is -1.00 e. The predicted molar refractivity (Wildman–Crippen MR) is 67.6 cm³/mol. The molecule has 0 fully saturated rings. The van der Waals surface area contributed by atoms with Crippen LogP contribution in [0.15, 0.2) is 23.8 Å². The lowest BCUT2D eigenvalue weighted by Crippen LogP contribution is -3.00. The average Bonchev–Trinajstić information content (AvgIpc) is 2.39. The Morgan fingerprint density at radius 3 is 1.27 bits per heavy atom. The van der Waals surface area contributed by atoms with Crippen LogP contribution >= 0.6 is 0 Å². The van der Waals surface area contributed by atoms with Gasteiger partial charge >= 0.3 is 11.9 Å². The highest BCUT2D eigenvalue weighted by Gasteiger charge is 2.03. The van der Waals surface area contributed by atoms with Gasteiger partial charge in [-0.25, -0.2) is 9.59 Å². The molecule has 0 heterocycles. The topological polar surface area (TPSA) is 130 Å². The van der Waals surface area contributed by atoms with Crippen LogP contribution in [0.5, 0.6) is 0 Å². The van der Waals surface area contributed by atoms with Crippen LogP contribution in [0, 0.1) is 0 Å². The zero-order valence-corrected chi connectivity index (χ0v) is 13.5. The molecule has 0 bridgehead atoms. The number of carboxylic acids is 2. The molecule has 10 heteroatoms. The number of carbonyl (C=O) groups is 2. The SMILES string of the molecule is [Cl-].[Cl-].[NH3+]CCC/C=C(/F)C(=O)O.[NH3+]CCC/C=C(\F)C(=O)O. The van der Waals surface area contributed by atoms with Crippen LogP contribution in [0.25, 0.3) is 0 Å². The van der Waals surface area contributed by atoms with Gasteiger partial charge in [0.25, 0.3) is 0 Å². The van der Waals surface area contributed by atoms with Crippen molar-refractivity contribution in [2.24, 2.45) is 0 Å². The highest BCUT2D eigenvalue weighted by molar-refractivity contribution is 5.84.